The highest BCUT2D eigenvalue weighted by Gasteiger charge is 2.24. The van der Waals surface area contributed by atoms with Gasteiger partial charge in [-0.3, -0.25) is 14.9 Å². The van der Waals surface area contributed by atoms with Gasteiger partial charge in [-0.1, -0.05) is 30.8 Å². The van der Waals surface area contributed by atoms with Gasteiger partial charge in [0.25, 0.3) is 0 Å². The van der Waals surface area contributed by atoms with Crippen LogP contribution in [0.1, 0.15) is 13.3 Å². The van der Waals surface area contributed by atoms with Gasteiger partial charge in [0.15, 0.2) is 5.82 Å². The first-order chi connectivity index (χ1) is 13.2. The minimum Gasteiger partial charge on any atom is -0.311 e. The molecule has 8 heteroatoms. The number of aromatic amines is 1. The van der Waals surface area contributed by atoms with Gasteiger partial charge >= 0.3 is 0 Å². The van der Waals surface area contributed by atoms with Gasteiger partial charge in [0, 0.05) is 34.6 Å². The summed E-state index contributed by atoms with van der Waals surface area (Å²) in [4.78, 5) is 24.4. The van der Waals surface area contributed by atoms with Crippen molar-refractivity contribution in [1.29, 1.82) is 0 Å². The highest BCUT2D eigenvalue weighted by molar-refractivity contribution is 8.00. The summed E-state index contributed by atoms with van der Waals surface area (Å²) < 4.78 is 0. The second kappa shape index (κ2) is 8.14. The molecule has 0 unspecified atom stereocenters. The van der Waals surface area contributed by atoms with E-state index in [4.69, 9.17) is 0 Å². The Labute approximate surface area is 166 Å². The Kier molecular flexibility index (Phi) is 5.45. The Balaban J connectivity index is 1.45. The molecule has 0 bridgehead atoms. The number of carbonyl (C=O) groups excluding carboxylic acids is 1. The van der Waals surface area contributed by atoms with Gasteiger partial charge in [-0.25, -0.2) is 4.98 Å². The van der Waals surface area contributed by atoms with E-state index < -0.39 is 0 Å². The molecule has 0 aliphatic carbocycles. The number of amides is 1. The first-order valence-electron chi connectivity index (χ1n) is 8.72. The van der Waals surface area contributed by atoms with E-state index in [2.05, 4.69) is 33.2 Å². The molecule has 3 aromatic rings. The zero-order valence-electron chi connectivity index (χ0n) is 14.8. The number of fused-ring (bicyclic) bond motifs is 1. The fourth-order valence-electron chi connectivity index (χ4n) is 2.90. The lowest BCUT2D eigenvalue weighted by Crippen LogP contribution is -2.33. The van der Waals surface area contributed by atoms with Crippen LogP contribution in [0.4, 0.5) is 5.69 Å². The van der Waals surface area contributed by atoms with Crippen LogP contribution in [-0.4, -0.2) is 43.6 Å². The van der Waals surface area contributed by atoms with Gasteiger partial charge in [0.2, 0.25) is 11.1 Å². The molecule has 27 heavy (non-hydrogen) atoms. The van der Waals surface area contributed by atoms with E-state index in [0.29, 0.717) is 22.0 Å². The maximum Gasteiger partial charge on any atom is 0.237 e. The molecule has 138 valence electrons. The molecular formula is C19H19N5OS2. The molecule has 4 rings (SSSR count). The van der Waals surface area contributed by atoms with Crippen LogP contribution in [0.25, 0.3) is 11.4 Å². The zero-order chi connectivity index (χ0) is 18.6. The quantitative estimate of drug-likeness (QED) is 0.674. The summed E-state index contributed by atoms with van der Waals surface area (Å²) >= 11 is 3.19. The minimum absolute atomic E-state index is 0.0809. The SMILES string of the molecule is C[C@H]1CCN(C(=O)CSc2n[nH]c(-c3ccncc3)n2)c2ccccc2S1. The third kappa shape index (κ3) is 4.17. The third-order valence-electron chi connectivity index (χ3n) is 4.29. The predicted octanol–water partition coefficient (Wildman–Crippen LogP) is 3.88. The van der Waals surface area contributed by atoms with Crippen LogP contribution in [0.15, 0.2) is 58.8 Å². The average molecular weight is 398 g/mol. The molecule has 1 aliphatic rings. The van der Waals surface area contributed by atoms with E-state index in [1.165, 1.54) is 16.7 Å². The molecule has 2 aromatic heterocycles. The number of carbonyl (C=O) groups is 1. The van der Waals surface area contributed by atoms with Crippen LogP contribution in [0.3, 0.4) is 0 Å². The Morgan fingerprint density at radius 3 is 2.96 bits per heavy atom. The predicted molar refractivity (Wildman–Crippen MR) is 109 cm³/mol. The molecule has 0 radical (unpaired) electrons. The van der Waals surface area contributed by atoms with Crippen LogP contribution in [-0.2, 0) is 4.79 Å². The molecule has 0 spiro atoms. The summed E-state index contributed by atoms with van der Waals surface area (Å²) in [7, 11) is 0. The maximum absolute atomic E-state index is 12.9. The summed E-state index contributed by atoms with van der Waals surface area (Å²) in [6.07, 6.45) is 4.40. The molecular weight excluding hydrogens is 378 g/mol. The van der Waals surface area contributed by atoms with Crippen molar-refractivity contribution in [2.45, 2.75) is 28.6 Å². The number of hydrogen-bond donors (Lipinski definition) is 1. The molecule has 0 saturated carbocycles. The summed E-state index contributed by atoms with van der Waals surface area (Å²) in [5.41, 5.74) is 1.92. The second-order valence-electron chi connectivity index (χ2n) is 6.22. The van der Waals surface area contributed by atoms with Gasteiger partial charge in [0.05, 0.1) is 11.4 Å². The highest BCUT2D eigenvalue weighted by atomic mass is 32.2. The van der Waals surface area contributed by atoms with E-state index in [1.807, 2.05) is 47.0 Å². The number of rotatable bonds is 4. The number of nitrogens with zero attached hydrogens (tertiary/aromatic N) is 4. The number of anilines is 1. The number of pyridine rings is 1. The van der Waals surface area contributed by atoms with Crippen molar-refractivity contribution in [3.05, 3.63) is 48.8 Å². The lowest BCUT2D eigenvalue weighted by Gasteiger charge is -2.22. The first-order valence-corrected chi connectivity index (χ1v) is 10.6. The number of H-pyrrole nitrogens is 1. The fraction of sp³-hybridized carbons (Fsp3) is 0.263. The lowest BCUT2D eigenvalue weighted by molar-refractivity contribution is -0.116. The van der Waals surface area contributed by atoms with Crippen LogP contribution in [0.2, 0.25) is 0 Å². The van der Waals surface area contributed by atoms with Gasteiger partial charge in [-0.2, -0.15) is 0 Å². The number of thioether (sulfide) groups is 2. The standard InChI is InChI=1S/C19H19N5OS2/c1-13-8-11-24(15-4-2-3-5-16(15)27-13)17(25)12-26-19-21-18(22-23-19)14-6-9-20-10-7-14/h2-7,9-10,13H,8,11-12H2,1H3,(H,21,22,23)/t13-/m0/s1. The van der Waals surface area contributed by atoms with Crippen molar-refractivity contribution in [2.24, 2.45) is 0 Å². The molecule has 1 N–H and O–H groups in total. The van der Waals surface area contributed by atoms with Crippen LogP contribution in [0.5, 0.6) is 0 Å². The summed E-state index contributed by atoms with van der Waals surface area (Å²) in [6, 6.07) is 11.9. The maximum atomic E-state index is 12.9. The van der Waals surface area contributed by atoms with Crippen molar-refractivity contribution in [1.82, 2.24) is 20.2 Å². The first kappa shape index (κ1) is 18.1. The second-order valence-corrected chi connectivity index (χ2v) is 8.64. The molecule has 1 amide bonds. The van der Waals surface area contributed by atoms with E-state index in [9.17, 15) is 4.79 Å². The van der Waals surface area contributed by atoms with Crippen molar-refractivity contribution < 1.29 is 4.79 Å². The Hall–Kier alpha value is -2.32. The van der Waals surface area contributed by atoms with Crippen molar-refractivity contribution in [3.63, 3.8) is 0 Å². The topological polar surface area (TPSA) is 74.8 Å². The molecule has 1 aliphatic heterocycles. The van der Waals surface area contributed by atoms with E-state index in [0.717, 1.165) is 24.2 Å². The number of hydrogen-bond acceptors (Lipinski definition) is 6. The zero-order valence-corrected chi connectivity index (χ0v) is 16.5. The summed E-state index contributed by atoms with van der Waals surface area (Å²) in [5, 5.41) is 8.20. The van der Waals surface area contributed by atoms with Gasteiger partial charge in [-0.15, -0.1) is 16.9 Å². The van der Waals surface area contributed by atoms with Crippen molar-refractivity contribution >= 4 is 35.1 Å². The van der Waals surface area contributed by atoms with Gasteiger partial charge in [-0.05, 0) is 30.7 Å². The van der Waals surface area contributed by atoms with Crippen molar-refractivity contribution in [3.8, 4) is 11.4 Å². The lowest BCUT2D eigenvalue weighted by atomic mass is 10.2. The molecule has 6 nitrogen and oxygen atoms in total. The van der Waals surface area contributed by atoms with Crippen molar-refractivity contribution in [2.75, 3.05) is 17.2 Å². The van der Waals surface area contributed by atoms with Crippen LogP contribution in [0, 0.1) is 0 Å². The highest BCUT2D eigenvalue weighted by Crippen LogP contribution is 2.37. The van der Waals surface area contributed by atoms with Gasteiger partial charge < -0.3 is 4.90 Å². The molecule has 0 saturated heterocycles. The molecule has 1 aromatic carbocycles. The Bertz CT molecular complexity index is 931. The Morgan fingerprint density at radius 1 is 1.30 bits per heavy atom. The number of nitrogens with one attached hydrogen (secondary N) is 1. The smallest absolute Gasteiger partial charge is 0.237 e. The van der Waals surface area contributed by atoms with Crippen LogP contribution < -0.4 is 4.90 Å². The van der Waals surface area contributed by atoms with E-state index >= 15 is 0 Å². The monoisotopic (exact) mass is 397 g/mol. The third-order valence-corrected chi connectivity index (χ3v) is 6.36. The molecule has 0 fully saturated rings. The van der Waals surface area contributed by atoms with E-state index in [1.54, 1.807) is 12.4 Å². The average Bonchev–Trinajstić information content (AvgIpc) is 3.10. The normalized spacial score (nSPS) is 16.6. The fourth-order valence-corrected chi connectivity index (χ4v) is 4.69. The number of benzene rings is 1. The van der Waals surface area contributed by atoms with Crippen LogP contribution >= 0.6 is 23.5 Å². The Morgan fingerprint density at radius 2 is 2.11 bits per heavy atom. The van der Waals surface area contributed by atoms with E-state index in [-0.39, 0.29) is 5.91 Å². The number of aromatic nitrogens is 4. The largest absolute Gasteiger partial charge is 0.311 e. The van der Waals surface area contributed by atoms with Gasteiger partial charge in [0.1, 0.15) is 0 Å². The molecule has 1 atom stereocenters. The summed E-state index contributed by atoms with van der Waals surface area (Å²) in [6.45, 7) is 2.94. The minimum atomic E-state index is 0.0809. The molecule has 3 heterocycles. The summed E-state index contributed by atoms with van der Waals surface area (Å²) in [5.74, 6) is 1.07. The number of para-hydroxylation sites is 1.